The molecule has 0 saturated carbocycles. The van der Waals surface area contributed by atoms with Gasteiger partial charge in [0.2, 0.25) is 0 Å². The molecule has 0 aromatic rings. The van der Waals surface area contributed by atoms with E-state index in [4.69, 9.17) is 11.2 Å². The van der Waals surface area contributed by atoms with Gasteiger partial charge in [0.15, 0.2) is 0 Å². The minimum Gasteiger partial charge on any atom is 0 e. The minimum atomic E-state index is -1.34. The van der Waals surface area contributed by atoms with E-state index in [2.05, 4.69) is 20.8 Å². The first-order chi connectivity index (χ1) is 6.68. The van der Waals surface area contributed by atoms with Crippen LogP contribution in [0.3, 0.4) is 0 Å². The summed E-state index contributed by atoms with van der Waals surface area (Å²) in [7, 11) is 0. The van der Waals surface area contributed by atoms with Crippen LogP contribution in [0.4, 0.5) is 0 Å². The van der Waals surface area contributed by atoms with Gasteiger partial charge in [0, 0.05) is 22.4 Å². The fourth-order valence-corrected chi connectivity index (χ4v) is 6.77. The molecule has 0 nitrogen and oxygen atoms in total. The molecule has 0 aliphatic heterocycles. The fraction of sp³-hybridized carbons (Fsp3) is 1.00. The molecule has 0 bridgehead atoms. The van der Waals surface area contributed by atoms with Crippen LogP contribution in [0.5, 0.6) is 0 Å². The van der Waals surface area contributed by atoms with E-state index in [0.29, 0.717) is 0 Å². The van der Waals surface area contributed by atoms with Crippen molar-refractivity contribution in [1.82, 2.24) is 0 Å². The molecule has 3 heteroatoms. The van der Waals surface area contributed by atoms with Crippen LogP contribution in [0.2, 0.25) is 0 Å². The number of hydrogen-bond donors (Lipinski definition) is 0. The molecule has 0 aromatic carbocycles. The van der Waals surface area contributed by atoms with Gasteiger partial charge in [0.1, 0.15) is 0 Å². The molecular formula is C12H28AuClP. The van der Waals surface area contributed by atoms with Gasteiger partial charge in [-0.1, -0.05) is 0 Å². The summed E-state index contributed by atoms with van der Waals surface area (Å²) in [5.41, 5.74) is 0. The quantitative estimate of drug-likeness (QED) is 0.341. The average molecular weight is 436 g/mol. The molecule has 0 aromatic heterocycles. The van der Waals surface area contributed by atoms with Crippen LogP contribution in [-0.4, -0.2) is 18.5 Å². The number of halogens is 1. The Balaban J connectivity index is 0. The van der Waals surface area contributed by atoms with Gasteiger partial charge in [0.05, 0.1) is 0 Å². The molecule has 0 aliphatic carbocycles. The Morgan fingerprint density at radius 2 is 1.00 bits per heavy atom. The zero-order chi connectivity index (χ0) is 10.9. The van der Waals surface area contributed by atoms with E-state index in [1.54, 1.807) is 0 Å². The summed E-state index contributed by atoms with van der Waals surface area (Å²) in [5.74, 6) is 0. The zero-order valence-electron chi connectivity index (χ0n) is 10.5. The molecule has 1 radical (unpaired) electrons. The van der Waals surface area contributed by atoms with E-state index in [1.165, 1.54) is 57.0 Å². The average Bonchev–Trinajstić information content (AvgIpc) is 2.21. The van der Waals surface area contributed by atoms with Crippen molar-refractivity contribution in [3.63, 3.8) is 0 Å². The molecule has 0 heterocycles. The van der Waals surface area contributed by atoms with Gasteiger partial charge < -0.3 is 0 Å². The normalized spacial score (nSPS) is 12.3. The summed E-state index contributed by atoms with van der Waals surface area (Å²) < 4.78 is 0. The standard InChI is InChI=1S/C12H28ClP.Au/c1-4-7-10-14(13,11-8-5-2)12-9-6-3;/h14H,4-12H2,1-3H3;. The Morgan fingerprint density at radius 1 is 0.733 bits per heavy atom. The minimum absolute atomic E-state index is 0. The SMILES string of the molecule is CCCC[PH](Cl)(CCCC)CCCC.[Au]. The van der Waals surface area contributed by atoms with Crippen molar-refractivity contribution >= 4 is 17.9 Å². The molecule has 0 aliphatic rings. The molecule has 0 atom stereocenters. The summed E-state index contributed by atoms with van der Waals surface area (Å²) in [6.07, 6.45) is 12.0. The van der Waals surface area contributed by atoms with Gasteiger partial charge in [0.25, 0.3) is 0 Å². The Morgan fingerprint density at radius 3 is 1.20 bits per heavy atom. The summed E-state index contributed by atoms with van der Waals surface area (Å²) in [5, 5.41) is 0. The van der Waals surface area contributed by atoms with E-state index in [1.807, 2.05) is 0 Å². The van der Waals surface area contributed by atoms with Crippen LogP contribution in [0.15, 0.2) is 0 Å². The molecule has 0 unspecified atom stereocenters. The van der Waals surface area contributed by atoms with Crippen LogP contribution < -0.4 is 0 Å². The van der Waals surface area contributed by atoms with Gasteiger partial charge >= 0.3 is 95.6 Å². The summed E-state index contributed by atoms with van der Waals surface area (Å²) >= 11 is 6.81. The number of unbranched alkanes of at least 4 members (excludes halogenated alkanes) is 3. The Hall–Kier alpha value is 1.46. The van der Waals surface area contributed by atoms with Gasteiger partial charge in [-0.05, 0) is 0 Å². The van der Waals surface area contributed by atoms with Crippen LogP contribution in [0.1, 0.15) is 59.3 Å². The molecule has 99 valence electrons. The second-order valence-corrected chi connectivity index (χ2v) is 10.7. The second kappa shape index (κ2) is 11.9. The molecule has 0 saturated heterocycles. The van der Waals surface area contributed by atoms with E-state index in [0.717, 1.165) is 0 Å². The van der Waals surface area contributed by atoms with Crippen LogP contribution >= 0.6 is 17.9 Å². The summed E-state index contributed by atoms with van der Waals surface area (Å²) in [6.45, 7) is 5.47. The van der Waals surface area contributed by atoms with Gasteiger partial charge in [-0.2, -0.15) is 0 Å². The Kier molecular flexibility index (Phi) is 15.0. The van der Waals surface area contributed by atoms with E-state index >= 15 is 0 Å². The summed E-state index contributed by atoms with van der Waals surface area (Å²) in [6, 6.07) is 0. The zero-order valence-corrected chi connectivity index (χ0v) is 14.5. The predicted octanol–water partition coefficient (Wildman–Crippen LogP) is 5.29. The smallest absolute Gasteiger partial charge is 0 e. The maximum atomic E-state index is 6.81. The second-order valence-electron chi connectivity index (χ2n) is 4.46. The third-order valence-electron chi connectivity index (χ3n) is 2.94. The van der Waals surface area contributed by atoms with Crippen molar-refractivity contribution < 1.29 is 22.4 Å². The molecular weight excluding hydrogens is 408 g/mol. The van der Waals surface area contributed by atoms with Crippen LogP contribution in [-0.2, 0) is 22.4 Å². The topological polar surface area (TPSA) is 0 Å². The molecule has 0 spiro atoms. The van der Waals surface area contributed by atoms with Crippen molar-refractivity contribution in [1.29, 1.82) is 0 Å². The van der Waals surface area contributed by atoms with Gasteiger partial charge in [-0.25, -0.2) is 0 Å². The first-order valence-electron chi connectivity index (χ1n) is 6.37. The third-order valence-corrected chi connectivity index (χ3v) is 8.38. The van der Waals surface area contributed by atoms with Gasteiger partial charge in [-0.3, -0.25) is 0 Å². The molecule has 0 amide bonds. The molecule has 0 rings (SSSR count). The Labute approximate surface area is 118 Å². The van der Waals surface area contributed by atoms with Crippen LogP contribution in [0, 0.1) is 0 Å². The molecule has 0 N–H and O–H groups in total. The predicted molar refractivity (Wildman–Crippen MR) is 73.5 cm³/mol. The van der Waals surface area contributed by atoms with Crippen molar-refractivity contribution in [3.05, 3.63) is 0 Å². The third kappa shape index (κ3) is 10.3. The van der Waals surface area contributed by atoms with Crippen molar-refractivity contribution in [2.75, 3.05) is 18.5 Å². The first-order valence-corrected chi connectivity index (χ1v) is 10.0. The van der Waals surface area contributed by atoms with E-state index in [9.17, 15) is 0 Å². The van der Waals surface area contributed by atoms with E-state index < -0.39 is 6.62 Å². The monoisotopic (exact) mass is 435 g/mol. The number of rotatable bonds is 9. The van der Waals surface area contributed by atoms with Gasteiger partial charge in [-0.15, -0.1) is 0 Å². The maximum Gasteiger partial charge on any atom is 0 e. The van der Waals surface area contributed by atoms with E-state index in [-0.39, 0.29) is 22.4 Å². The largest absolute Gasteiger partial charge is 0 e. The van der Waals surface area contributed by atoms with Crippen molar-refractivity contribution in [2.24, 2.45) is 0 Å². The first kappa shape index (κ1) is 18.8. The van der Waals surface area contributed by atoms with Crippen molar-refractivity contribution in [3.8, 4) is 0 Å². The molecule has 15 heavy (non-hydrogen) atoms. The van der Waals surface area contributed by atoms with Crippen LogP contribution in [0.25, 0.3) is 0 Å². The number of hydrogen-bond acceptors (Lipinski definition) is 0. The Bertz CT molecular complexity index is 109. The fourth-order valence-electron chi connectivity index (χ4n) is 1.86. The maximum absolute atomic E-state index is 6.81. The van der Waals surface area contributed by atoms with Crippen molar-refractivity contribution in [2.45, 2.75) is 59.3 Å². The molecule has 0 fully saturated rings. The summed E-state index contributed by atoms with van der Waals surface area (Å²) in [4.78, 5) is 0.